The van der Waals surface area contributed by atoms with E-state index in [0.717, 1.165) is 29.6 Å². The number of hydrogen-bond donors (Lipinski definition) is 1. The summed E-state index contributed by atoms with van der Waals surface area (Å²) in [5.74, 6) is 3.48. The van der Waals surface area contributed by atoms with Crippen molar-refractivity contribution in [2.24, 2.45) is 0 Å². The van der Waals surface area contributed by atoms with Crippen LogP contribution in [0.25, 0.3) is 0 Å². The van der Waals surface area contributed by atoms with Crippen molar-refractivity contribution in [1.82, 2.24) is 5.32 Å². The lowest BCUT2D eigenvalue weighted by Crippen LogP contribution is -2.21. The van der Waals surface area contributed by atoms with Gasteiger partial charge in [0.05, 0.1) is 11.1 Å². The van der Waals surface area contributed by atoms with Crippen molar-refractivity contribution >= 4 is 15.9 Å². The second kappa shape index (κ2) is 8.18. The van der Waals surface area contributed by atoms with Crippen LogP contribution < -0.4 is 10.1 Å². The first-order chi connectivity index (χ1) is 8.63. The van der Waals surface area contributed by atoms with E-state index in [2.05, 4.69) is 53.1 Å². The van der Waals surface area contributed by atoms with E-state index in [0.29, 0.717) is 12.6 Å². The molecular formula is C15H20BrNO. The third-order valence-corrected chi connectivity index (χ3v) is 3.05. The summed E-state index contributed by atoms with van der Waals surface area (Å²) in [6.07, 6.45) is 6.84. The molecule has 0 fully saturated rings. The third-order valence-electron chi connectivity index (χ3n) is 2.43. The minimum atomic E-state index is 0.489. The van der Waals surface area contributed by atoms with Gasteiger partial charge < -0.3 is 10.1 Å². The highest BCUT2D eigenvalue weighted by molar-refractivity contribution is 9.10. The van der Waals surface area contributed by atoms with Crippen LogP contribution in [0.3, 0.4) is 0 Å². The first-order valence-corrected chi connectivity index (χ1v) is 7.01. The van der Waals surface area contributed by atoms with Crippen LogP contribution in [0.4, 0.5) is 0 Å². The van der Waals surface area contributed by atoms with Crippen LogP contribution >= 0.6 is 15.9 Å². The summed E-state index contributed by atoms with van der Waals surface area (Å²) in [5.41, 5.74) is 1.24. The van der Waals surface area contributed by atoms with Crippen molar-refractivity contribution in [1.29, 1.82) is 0 Å². The maximum Gasteiger partial charge on any atom is 0.133 e. The maximum atomic E-state index is 5.66. The monoisotopic (exact) mass is 309 g/mol. The van der Waals surface area contributed by atoms with Crippen molar-refractivity contribution in [3.05, 3.63) is 28.2 Å². The second-order valence-corrected chi connectivity index (χ2v) is 5.31. The van der Waals surface area contributed by atoms with E-state index in [1.54, 1.807) is 0 Å². The third kappa shape index (κ3) is 5.57. The first-order valence-electron chi connectivity index (χ1n) is 6.21. The fourth-order valence-electron chi connectivity index (χ4n) is 1.45. The smallest absolute Gasteiger partial charge is 0.133 e. The number of ether oxygens (including phenoxy) is 1. The predicted octanol–water partition coefficient (Wildman–Crippen LogP) is 3.74. The average molecular weight is 310 g/mol. The summed E-state index contributed by atoms with van der Waals surface area (Å²) in [7, 11) is 0. The van der Waals surface area contributed by atoms with Crippen molar-refractivity contribution in [3.63, 3.8) is 0 Å². The molecule has 0 bridgehead atoms. The number of halogens is 1. The van der Waals surface area contributed by atoms with Crippen molar-refractivity contribution in [2.45, 2.75) is 39.3 Å². The van der Waals surface area contributed by atoms with E-state index >= 15 is 0 Å². The summed E-state index contributed by atoms with van der Waals surface area (Å²) < 4.78 is 6.65. The molecule has 0 aliphatic carbocycles. The Hall–Kier alpha value is -0.980. The minimum Gasteiger partial charge on any atom is -0.492 e. The molecule has 1 N–H and O–H groups in total. The molecule has 0 saturated heterocycles. The molecule has 0 aliphatic heterocycles. The lowest BCUT2D eigenvalue weighted by Gasteiger charge is -2.11. The number of rotatable bonds is 7. The summed E-state index contributed by atoms with van der Waals surface area (Å²) in [4.78, 5) is 0. The zero-order chi connectivity index (χ0) is 13.4. The quantitative estimate of drug-likeness (QED) is 0.612. The van der Waals surface area contributed by atoms with E-state index < -0.39 is 0 Å². The van der Waals surface area contributed by atoms with Crippen molar-refractivity contribution in [3.8, 4) is 18.1 Å². The number of hydrogen-bond acceptors (Lipinski definition) is 2. The normalized spacial score (nSPS) is 10.4. The van der Waals surface area contributed by atoms with E-state index in [4.69, 9.17) is 11.2 Å². The molecule has 0 unspecified atom stereocenters. The van der Waals surface area contributed by atoms with Gasteiger partial charge in [0.15, 0.2) is 0 Å². The molecule has 0 heterocycles. The van der Waals surface area contributed by atoms with Crippen LogP contribution in [0.2, 0.25) is 0 Å². The molecule has 0 amide bonds. The van der Waals surface area contributed by atoms with E-state index in [9.17, 15) is 0 Å². The Morgan fingerprint density at radius 3 is 2.83 bits per heavy atom. The Labute approximate surface area is 118 Å². The molecule has 0 spiro atoms. The van der Waals surface area contributed by atoms with Gasteiger partial charge in [0.1, 0.15) is 5.75 Å². The van der Waals surface area contributed by atoms with E-state index in [1.807, 2.05) is 6.07 Å². The molecule has 0 aromatic heterocycles. The maximum absolute atomic E-state index is 5.66. The van der Waals surface area contributed by atoms with Crippen LogP contribution in [0.1, 0.15) is 32.3 Å². The molecule has 2 nitrogen and oxygen atoms in total. The van der Waals surface area contributed by atoms with Crippen LogP contribution in [-0.4, -0.2) is 12.6 Å². The Morgan fingerprint density at radius 2 is 2.22 bits per heavy atom. The number of benzene rings is 1. The summed E-state index contributed by atoms with van der Waals surface area (Å²) in [5, 5.41) is 3.38. The Balaban J connectivity index is 2.49. The molecular weight excluding hydrogens is 290 g/mol. The van der Waals surface area contributed by atoms with Gasteiger partial charge in [0.25, 0.3) is 0 Å². The van der Waals surface area contributed by atoms with E-state index in [1.165, 1.54) is 5.56 Å². The fourth-order valence-corrected chi connectivity index (χ4v) is 1.99. The molecule has 0 aliphatic rings. The highest BCUT2D eigenvalue weighted by Gasteiger charge is 2.03. The molecule has 0 atom stereocenters. The van der Waals surface area contributed by atoms with Crippen molar-refractivity contribution < 1.29 is 4.74 Å². The zero-order valence-corrected chi connectivity index (χ0v) is 12.6. The van der Waals surface area contributed by atoms with Gasteiger partial charge in [0, 0.05) is 19.0 Å². The molecule has 0 saturated carbocycles. The topological polar surface area (TPSA) is 21.3 Å². The van der Waals surface area contributed by atoms with Gasteiger partial charge in [-0.2, -0.15) is 0 Å². The van der Waals surface area contributed by atoms with E-state index in [-0.39, 0.29) is 0 Å². The fraction of sp³-hybridized carbons (Fsp3) is 0.467. The van der Waals surface area contributed by atoms with Gasteiger partial charge in [-0.3, -0.25) is 0 Å². The van der Waals surface area contributed by atoms with Gasteiger partial charge in [-0.15, -0.1) is 12.3 Å². The lowest BCUT2D eigenvalue weighted by atomic mass is 10.2. The Bertz CT molecular complexity index is 409. The van der Waals surface area contributed by atoms with Gasteiger partial charge >= 0.3 is 0 Å². The number of unbranched alkanes of at least 4 members (excludes halogenated alkanes) is 1. The Kier molecular flexibility index (Phi) is 6.85. The van der Waals surface area contributed by atoms with Gasteiger partial charge in [-0.25, -0.2) is 0 Å². The molecule has 1 aromatic rings. The largest absolute Gasteiger partial charge is 0.492 e. The van der Waals surface area contributed by atoms with Crippen LogP contribution in [0.5, 0.6) is 5.75 Å². The van der Waals surface area contributed by atoms with Gasteiger partial charge in [0.2, 0.25) is 0 Å². The average Bonchev–Trinajstić information content (AvgIpc) is 2.34. The van der Waals surface area contributed by atoms with Crippen LogP contribution in [0, 0.1) is 12.3 Å². The summed E-state index contributed by atoms with van der Waals surface area (Å²) in [6, 6.07) is 6.66. The van der Waals surface area contributed by atoms with Crippen LogP contribution in [-0.2, 0) is 6.54 Å². The van der Waals surface area contributed by atoms with Crippen LogP contribution in [0.15, 0.2) is 22.7 Å². The van der Waals surface area contributed by atoms with Crippen molar-refractivity contribution in [2.75, 3.05) is 6.61 Å². The highest BCUT2D eigenvalue weighted by atomic mass is 79.9. The SMILES string of the molecule is C#CCCCOc1ccc(CNC(C)C)cc1Br. The lowest BCUT2D eigenvalue weighted by molar-refractivity contribution is 0.311. The summed E-state index contributed by atoms with van der Waals surface area (Å²) >= 11 is 3.53. The summed E-state index contributed by atoms with van der Waals surface area (Å²) in [6.45, 7) is 5.80. The first kappa shape index (κ1) is 15.1. The molecule has 0 radical (unpaired) electrons. The number of nitrogens with one attached hydrogen (secondary N) is 1. The van der Waals surface area contributed by atoms with Gasteiger partial charge in [-0.05, 0) is 40.0 Å². The highest BCUT2D eigenvalue weighted by Crippen LogP contribution is 2.26. The zero-order valence-electron chi connectivity index (χ0n) is 11.0. The number of terminal acetylenes is 1. The molecule has 1 rings (SSSR count). The Morgan fingerprint density at radius 1 is 1.44 bits per heavy atom. The predicted molar refractivity (Wildman–Crippen MR) is 79.7 cm³/mol. The second-order valence-electron chi connectivity index (χ2n) is 4.46. The minimum absolute atomic E-state index is 0.489. The molecule has 1 aromatic carbocycles. The molecule has 18 heavy (non-hydrogen) atoms. The molecule has 3 heteroatoms. The standard InChI is InChI=1S/C15H20BrNO/c1-4-5-6-9-18-15-8-7-13(10-14(15)16)11-17-12(2)3/h1,7-8,10,12,17H,5-6,9,11H2,2-3H3. The van der Waals surface area contributed by atoms with Gasteiger partial charge in [-0.1, -0.05) is 19.9 Å². The molecule has 98 valence electrons.